The van der Waals surface area contributed by atoms with Crippen LogP contribution >= 0.6 is 0 Å². The van der Waals surface area contributed by atoms with Crippen molar-refractivity contribution >= 4 is 12.1 Å². The number of carbonyl (C=O) groups excluding carboxylic acids is 1. The summed E-state index contributed by atoms with van der Waals surface area (Å²) >= 11 is 0. The third-order valence-corrected chi connectivity index (χ3v) is 5.73. The molecule has 1 aromatic heterocycles. The van der Waals surface area contributed by atoms with Crippen LogP contribution in [0.4, 0.5) is 4.79 Å². The Balaban J connectivity index is 1.55. The van der Waals surface area contributed by atoms with Crippen LogP contribution in [0.2, 0.25) is 0 Å². The summed E-state index contributed by atoms with van der Waals surface area (Å²) in [5, 5.41) is 3.44. The predicted octanol–water partition coefficient (Wildman–Crippen LogP) is 3.58. The molecule has 7 heteroatoms. The van der Waals surface area contributed by atoms with E-state index in [0.717, 1.165) is 44.1 Å². The maximum atomic E-state index is 12.8. The van der Waals surface area contributed by atoms with Gasteiger partial charge in [0.1, 0.15) is 5.60 Å². The van der Waals surface area contributed by atoms with Crippen LogP contribution in [0.1, 0.15) is 57.7 Å². The molecule has 1 aliphatic heterocycles. The maximum absolute atomic E-state index is 12.8. The van der Waals surface area contributed by atoms with E-state index in [0.29, 0.717) is 12.5 Å². The number of hydrogen-bond acceptors (Lipinski definition) is 4. The van der Waals surface area contributed by atoms with Crippen LogP contribution in [0.25, 0.3) is 0 Å². The zero-order chi connectivity index (χ0) is 21.7. The summed E-state index contributed by atoms with van der Waals surface area (Å²) in [6.45, 7) is 11.1. The second kappa shape index (κ2) is 9.67. The highest BCUT2D eigenvalue weighted by molar-refractivity contribution is 5.80. The molecule has 1 aliphatic carbocycles. The molecule has 1 saturated heterocycles. The van der Waals surface area contributed by atoms with Gasteiger partial charge in [0.2, 0.25) is 0 Å². The summed E-state index contributed by atoms with van der Waals surface area (Å²) in [4.78, 5) is 26.0. The molecule has 0 bridgehead atoms. The first-order chi connectivity index (χ1) is 14.3. The molecule has 3 rings (SSSR count). The molecule has 166 valence electrons. The molecule has 0 aromatic carbocycles. The van der Waals surface area contributed by atoms with E-state index in [1.165, 1.54) is 18.4 Å². The van der Waals surface area contributed by atoms with Gasteiger partial charge < -0.3 is 19.9 Å². The van der Waals surface area contributed by atoms with Crippen LogP contribution in [0.15, 0.2) is 23.3 Å². The topological polar surface area (TPSA) is 70.1 Å². The second-order valence-corrected chi connectivity index (χ2v) is 9.46. The van der Waals surface area contributed by atoms with Gasteiger partial charge >= 0.3 is 6.09 Å². The Morgan fingerprint density at radius 2 is 2.00 bits per heavy atom. The van der Waals surface area contributed by atoms with Gasteiger partial charge in [-0.05, 0) is 70.9 Å². The molecule has 1 amide bonds. The lowest BCUT2D eigenvalue weighted by molar-refractivity contribution is 0.00928. The Labute approximate surface area is 180 Å². The fraction of sp³-hybridized carbons (Fsp3) is 0.696. The Hall–Kier alpha value is -2.31. The van der Waals surface area contributed by atoms with Crippen LogP contribution in [-0.4, -0.2) is 65.2 Å². The van der Waals surface area contributed by atoms with E-state index in [1.54, 1.807) is 0 Å². The highest BCUT2D eigenvalue weighted by Crippen LogP contribution is 2.32. The Morgan fingerprint density at radius 3 is 2.57 bits per heavy atom. The predicted molar refractivity (Wildman–Crippen MR) is 119 cm³/mol. The van der Waals surface area contributed by atoms with E-state index in [-0.39, 0.29) is 12.1 Å². The number of ether oxygens (including phenoxy) is 1. The quantitative estimate of drug-likeness (QED) is 0.588. The molecule has 2 heterocycles. The molecular formula is C23H37N5O2. The molecule has 2 aliphatic rings. The fourth-order valence-corrected chi connectivity index (χ4v) is 3.86. The molecular weight excluding hydrogens is 378 g/mol. The highest BCUT2D eigenvalue weighted by atomic mass is 16.6. The first-order valence-electron chi connectivity index (χ1n) is 11.1. The molecule has 30 heavy (non-hydrogen) atoms. The van der Waals surface area contributed by atoms with E-state index in [2.05, 4.69) is 33.2 Å². The summed E-state index contributed by atoms with van der Waals surface area (Å²) in [7, 11) is 1.82. The van der Waals surface area contributed by atoms with E-state index in [4.69, 9.17) is 4.74 Å². The van der Waals surface area contributed by atoms with Gasteiger partial charge in [-0.25, -0.2) is 4.79 Å². The molecule has 1 aromatic rings. The van der Waals surface area contributed by atoms with Gasteiger partial charge in [-0.3, -0.25) is 9.98 Å². The third kappa shape index (κ3) is 6.34. The van der Waals surface area contributed by atoms with Crippen molar-refractivity contribution < 1.29 is 9.53 Å². The van der Waals surface area contributed by atoms with E-state index in [1.807, 2.05) is 45.0 Å². The van der Waals surface area contributed by atoms with Crippen LogP contribution < -0.4 is 5.32 Å². The van der Waals surface area contributed by atoms with Gasteiger partial charge in [0, 0.05) is 38.9 Å². The van der Waals surface area contributed by atoms with Crippen molar-refractivity contribution in [3.63, 3.8) is 0 Å². The Bertz CT molecular complexity index is 746. The van der Waals surface area contributed by atoms with E-state index < -0.39 is 5.60 Å². The van der Waals surface area contributed by atoms with Crippen molar-refractivity contribution in [3.05, 3.63) is 29.6 Å². The number of nitrogens with zero attached hydrogens (tertiary/aromatic N) is 4. The number of rotatable bonds is 5. The molecule has 0 atom stereocenters. The van der Waals surface area contributed by atoms with E-state index >= 15 is 0 Å². The number of nitrogens with one attached hydrogen (secondary N) is 1. The molecule has 1 saturated carbocycles. The van der Waals surface area contributed by atoms with Gasteiger partial charge in [-0.1, -0.05) is 6.07 Å². The standard InChI is InChI=1S/C23H37N5O2/c1-17-7-6-12-25-20(17)15-26-21(24-5)27-13-10-19(11-14-27)28(16-18-8-9-18)22(29)30-23(2,3)4/h6-7,12,18-19H,8-11,13-16H2,1-5H3,(H,24,26). The molecule has 0 radical (unpaired) electrons. The van der Waals surface area contributed by atoms with Gasteiger partial charge in [0.15, 0.2) is 5.96 Å². The zero-order valence-electron chi connectivity index (χ0n) is 19.1. The average molecular weight is 416 g/mol. The summed E-state index contributed by atoms with van der Waals surface area (Å²) in [6.07, 6.45) is 5.96. The Kier molecular flexibility index (Phi) is 7.21. The third-order valence-electron chi connectivity index (χ3n) is 5.73. The van der Waals surface area contributed by atoms with Crippen molar-refractivity contribution in [1.29, 1.82) is 0 Å². The number of pyridine rings is 1. The first kappa shape index (κ1) is 22.4. The highest BCUT2D eigenvalue weighted by Gasteiger charge is 2.35. The summed E-state index contributed by atoms with van der Waals surface area (Å²) < 4.78 is 5.71. The van der Waals surface area contributed by atoms with Crippen molar-refractivity contribution in [2.45, 2.75) is 71.6 Å². The minimum absolute atomic E-state index is 0.166. The minimum Gasteiger partial charge on any atom is -0.444 e. The molecule has 1 N–H and O–H groups in total. The minimum atomic E-state index is -0.463. The number of aromatic nitrogens is 1. The fourth-order valence-electron chi connectivity index (χ4n) is 3.86. The Morgan fingerprint density at radius 1 is 1.30 bits per heavy atom. The van der Waals surface area contributed by atoms with E-state index in [9.17, 15) is 4.79 Å². The smallest absolute Gasteiger partial charge is 0.410 e. The molecule has 7 nitrogen and oxygen atoms in total. The largest absolute Gasteiger partial charge is 0.444 e. The number of aliphatic imine (C=N–C) groups is 1. The van der Waals surface area contributed by atoms with Gasteiger partial charge in [0.05, 0.1) is 12.2 Å². The number of amides is 1. The van der Waals surface area contributed by atoms with Crippen LogP contribution in [0, 0.1) is 12.8 Å². The van der Waals surface area contributed by atoms with Crippen molar-refractivity contribution in [2.75, 3.05) is 26.7 Å². The normalized spacial score (nSPS) is 18.3. The maximum Gasteiger partial charge on any atom is 0.410 e. The number of hydrogen-bond donors (Lipinski definition) is 1. The van der Waals surface area contributed by atoms with Gasteiger partial charge in [0.25, 0.3) is 0 Å². The summed E-state index contributed by atoms with van der Waals surface area (Å²) in [5.41, 5.74) is 1.75. The van der Waals surface area contributed by atoms with Crippen LogP contribution in [0.5, 0.6) is 0 Å². The van der Waals surface area contributed by atoms with Crippen LogP contribution in [-0.2, 0) is 11.3 Å². The average Bonchev–Trinajstić information content (AvgIpc) is 3.51. The van der Waals surface area contributed by atoms with Gasteiger partial charge in [-0.2, -0.15) is 0 Å². The van der Waals surface area contributed by atoms with Crippen molar-refractivity contribution in [2.24, 2.45) is 10.9 Å². The zero-order valence-corrected chi connectivity index (χ0v) is 19.1. The summed E-state index contributed by atoms with van der Waals surface area (Å²) in [5.74, 6) is 1.54. The lowest BCUT2D eigenvalue weighted by Gasteiger charge is -2.40. The molecule has 0 spiro atoms. The number of piperidine rings is 1. The van der Waals surface area contributed by atoms with Crippen molar-refractivity contribution in [3.8, 4) is 0 Å². The number of aryl methyl sites for hydroxylation is 1. The number of likely N-dealkylation sites (tertiary alicyclic amines) is 1. The number of carbonyl (C=O) groups is 1. The first-order valence-corrected chi connectivity index (χ1v) is 11.1. The number of guanidine groups is 1. The summed E-state index contributed by atoms with van der Waals surface area (Å²) in [6, 6.07) is 4.26. The van der Waals surface area contributed by atoms with Gasteiger partial charge in [-0.15, -0.1) is 0 Å². The second-order valence-electron chi connectivity index (χ2n) is 9.46. The van der Waals surface area contributed by atoms with Crippen LogP contribution in [0.3, 0.4) is 0 Å². The van der Waals surface area contributed by atoms with Crippen molar-refractivity contribution in [1.82, 2.24) is 20.1 Å². The monoisotopic (exact) mass is 415 g/mol. The lowest BCUT2D eigenvalue weighted by atomic mass is 10.0. The molecule has 2 fully saturated rings. The SMILES string of the molecule is CN=C(NCc1ncccc1C)N1CCC(N(CC2CC2)C(=O)OC(C)(C)C)CC1. The lowest BCUT2D eigenvalue weighted by Crippen LogP contribution is -2.52. The molecule has 0 unspecified atom stereocenters.